The van der Waals surface area contributed by atoms with E-state index in [-0.39, 0.29) is 5.82 Å². The second-order valence-corrected chi connectivity index (χ2v) is 8.00. The number of allylic oxidation sites excluding steroid dienone is 8. The molecule has 4 nitrogen and oxygen atoms in total. The molecule has 0 aliphatic rings. The summed E-state index contributed by atoms with van der Waals surface area (Å²) in [7, 11) is 0. The second-order valence-electron chi connectivity index (χ2n) is 8.00. The van der Waals surface area contributed by atoms with Gasteiger partial charge in [0.1, 0.15) is 17.3 Å². The molecule has 0 aliphatic heterocycles. The molecule has 1 heterocycles. The van der Waals surface area contributed by atoms with Gasteiger partial charge in [-0.1, -0.05) is 38.1 Å². The molecular formula is C29H33F4NO3. The number of carbonyl (C=O) groups is 1. The molecule has 0 aliphatic carbocycles. The summed E-state index contributed by atoms with van der Waals surface area (Å²) in [6.45, 7) is 9.21. The lowest BCUT2D eigenvalue weighted by molar-refractivity contribution is -0.113. The molecule has 37 heavy (non-hydrogen) atoms. The third-order valence-electron chi connectivity index (χ3n) is 5.14. The first kappa shape index (κ1) is 31.4. The molecule has 0 bridgehead atoms. The van der Waals surface area contributed by atoms with Crippen molar-refractivity contribution in [1.82, 2.24) is 0 Å². The summed E-state index contributed by atoms with van der Waals surface area (Å²) in [4.78, 5) is 15.1. The summed E-state index contributed by atoms with van der Waals surface area (Å²) < 4.78 is 58.0. The molecule has 0 fully saturated rings. The van der Waals surface area contributed by atoms with Gasteiger partial charge in [0, 0.05) is 12.5 Å². The van der Waals surface area contributed by atoms with E-state index in [1.54, 1.807) is 19.1 Å². The highest BCUT2D eigenvalue weighted by Crippen LogP contribution is 2.31. The first-order valence-electron chi connectivity index (χ1n) is 11.7. The average molecular weight is 520 g/mol. The minimum atomic E-state index is -4.68. The molecule has 1 N–H and O–H groups in total. The van der Waals surface area contributed by atoms with Crippen LogP contribution in [0, 0.1) is 5.82 Å². The van der Waals surface area contributed by atoms with Crippen LogP contribution in [0.3, 0.4) is 0 Å². The number of alkyl halides is 3. The van der Waals surface area contributed by atoms with Crippen LogP contribution in [0.15, 0.2) is 87.5 Å². The summed E-state index contributed by atoms with van der Waals surface area (Å²) in [6.07, 6.45) is 4.53. The minimum Gasteiger partial charge on any atom is -0.510 e. The lowest BCUT2D eigenvalue weighted by Gasteiger charge is -2.13. The van der Waals surface area contributed by atoms with Crippen LogP contribution in [-0.2, 0) is 4.79 Å². The van der Waals surface area contributed by atoms with Gasteiger partial charge in [0.15, 0.2) is 5.78 Å². The molecule has 0 spiro atoms. The fourth-order valence-electron chi connectivity index (χ4n) is 3.35. The third-order valence-corrected chi connectivity index (χ3v) is 5.14. The maximum Gasteiger partial charge on any atom is 0.418 e. The zero-order valence-corrected chi connectivity index (χ0v) is 21.9. The molecule has 0 amide bonds. The molecular weight excluding hydrogens is 486 g/mol. The van der Waals surface area contributed by atoms with Crippen LogP contribution >= 0.6 is 0 Å². The number of ketones is 1. The van der Waals surface area contributed by atoms with Crippen molar-refractivity contribution in [2.45, 2.75) is 60.6 Å². The molecule has 200 valence electrons. The highest BCUT2D eigenvalue weighted by Gasteiger charge is 2.36. The van der Waals surface area contributed by atoms with Crippen molar-refractivity contribution in [2.24, 2.45) is 4.99 Å². The maximum absolute atomic E-state index is 13.4. The Balaban J connectivity index is 0.000000442. The molecule has 8 heteroatoms. The first-order valence-corrected chi connectivity index (χ1v) is 11.7. The van der Waals surface area contributed by atoms with Gasteiger partial charge in [-0.3, -0.25) is 4.79 Å². The lowest BCUT2D eigenvalue weighted by Crippen LogP contribution is -2.19. The largest absolute Gasteiger partial charge is 0.510 e. The number of rotatable bonds is 8. The van der Waals surface area contributed by atoms with E-state index in [0.717, 1.165) is 38.3 Å². The predicted octanol–water partition coefficient (Wildman–Crippen LogP) is 9.04. The van der Waals surface area contributed by atoms with Crippen LogP contribution in [0.25, 0.3) is 11.1 Å². The Kier molecular flexibility index (Phi) is 12.5. The number of carbonyl (C=O) groups excluding carboxylic acids is 1. The summed E-state index contributed by atoms with van der Waals surface area (Å²) >= 11 is 0. The Labute approximate surface area is 215 Å². The number of hydrogen-bond acceptors (Lipinski definition) is 4. The van der Waals surface area contributed by atoms with E-state index in [1.165, 1.54) is 43.2 Å². The van der Waals surface area contributed by atoms with Crippen LogP contribution in [0.5, 0.6) is 0 Å². The van der Waals surface area contributed by atoms with Gasteiger partial charge >= 0.3 is 6.18 Å². The van der Waals surface area contributed by atoms with Crippen molar-refractivity contribution in [2.75, 3.05) is 0 Å². The van der Waals surface area contributed by atoms with Crippen LogP contribution < -0.4 is 0 Å². The van der Waals surface area contributed by atoms with Gasteiger partial charge in [0.05, 0.1) is 23.8 Å². The topological polar surface area (TPSA) is 62.8 Å². The fraction of sp³-hybridized carbons (Fsp3) is 0.310. The van der Waals surface area contributed by atoms with Gasteiger partial charge in [-0.25, -0.2) is 9.38 Å². The van der Waals surface area contributed by atoms with Crippen molar-refractivity contribution in [3.8, 4) is 0 Å². The number of Topliss-reactive ketones (excluding diaryl/α,β-unsaturated/α-hetero) is 1. The van der Waals surface area contributed by atoms with E-state index in [4.69, 9.17) is 4.42 Å². The van der Waals surface area contributed by atoms with Crippen molar-refractivity contribution in [1.29, 1.82) is 0 Å². The van der Waals surface area contributed by atoms with Crippen molar-refractivity contribution in [3.05, 3.63) is 95.1 Å². The molecule has 1 aromatic carbocycles. The summed E-state index contributed by atoms with van der Waals surface area (Å²) in [6, 6.07) is 8.30. The standard InChI is InChI=1S/C17H18F3NO3.C12H15F/c1-5-13(14-6-7-24-9-14)8-15(17(18,19)20)10(2)21-16(11(3)22)12(4)23;1-3-6-10(4-2)11-7-5-8-12(13)9-11/h5-9,22H,1-4H3;5-9H,3-4H2,1-2H3/b13-5+,15-8+,16-11+,21-10+;10-6+. The van der Waals surface area contributed by atoms with Crippen molar-refractivity contribution in [3.63, 3.8) is 0 Å². The average Bonchev–Trinajstić information content (AvgIpc) is 3.35. The number of aliphatic imine (C=N–C) groups is 1. The Hall–Kier alpha value is -3.68. The SMILES string of the molecule is CC/C=C(\CC)c1cccc(F)c1.C\C=C(/C=C(\C(C)=N\C(C(C)=O)=C(/C)O)C(F)(F)F)c1ccoc1. The highest BCUT2D eigenvalue weighted by molar-refractivity contribution is 6.05. The van der Waals surface area contributed by atoms with Gasteiger partial charge in [0.25, 0.3) is 0 Å². The summed E-state index contributed by atoms with van der Waals surface area (Å²) in [5.74, 6) is -1.23. The molecule has 0 radical (unpaired) electrons. The van der Waals surface area contributed by atoms with E-state index in [1.807, 2.05) is 6.07 Å². The van der Waals surface area contributed by atoms with E-state index < -0.39 is 34.7 Å². The van der Waals surface area contributed by atoms with E-state index >= 15 is 0 Å². The number of aliphatic hydroxyl groups is 1. The van der Waals surface area contributed by atoms with Gasteiger partial charge in [0.2, 0.25) is 0 Å². The maximum atomic E-state index is 13.4. The molecule has 2 rings (SSSR count). The first-order chi connectivity index (χ1) is 17.3. The summed E-state index contributed by atoms with van der Waals surface area (Å²) in [5, 5.41) is 9.42. The monoisotopic (exact) mass is 519 g/mol. The number of furan rings is 1. The van der Waals surface area contributed by atoms with E-state index in [2.05, 4.69) is 24.9 Å². The number of halogens is 4. The smallest absolute Gasteiger partial charge is 0.418 e. The van der Waals surface area contributed by atoms with Crippen LogP contribution in [0.1, 0.15) is 65.5 Å². The highest BCUT2D eigenvalue weighted by atomic mass is 19.4. The molecule has 1 aromatic heterocycles. The molecule has 2 aromatic rings. The normalized spacial score (nSPS) is 14.1. The van der Waals surface area contributed by atoms with Crippen molar-refractivity contribution >= 4 is 22.6 Å². The number of aliphatic hydroxyl groups excluding tert-OH is 1. The molecule has 0 saturated carbocycles. The quantitative estimate of drug-likeness (QED) is 0.124. The van der Waals surface area contributed by atoms with E-state index in [9.17, 15) is 27.5 Å². The van der Waals surface area contributed by atoms with Gasteiger partial charge < -0.3 is 9.52 Å². The van der Waals surface area contributed by atoms with Gasteiger partial charge in [-0.2, -0.15) is 13.2 Å². The van der Waals surface area contributed by atoms with Crippen LogP contribution in [0.2, 0.25) is 0 Å². The van der Waals surface area contributed by atoms with Crippen LogP contribution in [-0.4, -0.2) is 22.8 Å². The zero-order valence-electron chi connectivity index (χ0n) is 21.9. The van der Waals surface area contributed by atoms with E-state index in [0.29, 0.717) is 11.1 Å². The number of nitrogens with zero attached hydrogens (tertiary/aromatic N) is 1. The number of benzene rings is 1. The lowest BCUT2D eigenvalue weighted by atomic mass is 10.0. The Bertz CT molecular complexity index is 1190. The van der Waals surface area contributed by atoms with Crippen molar-refractivity contribution < 1.29 is 31.9 Å². The predicted molar refractivity (Wildman–Crippen MR) is 141 cm³/mol. The second kappa shape index (κ2) is 14.8. The molecule has 0 unspecified atom stereocenters. The van der Waals surface area contributed by atoms with Crippen LogP contribution in [0.4, 0.5) is 17.6 Å². The minimum absolute atomic E-state index is 0.159. The fourth-order valence-corrected chi connectivity index (χ4v) is 3.35. The van der Waals surface area contributed by atoms with Gasteiger partial charge in [-0.15, -0.1) is 0 Å². The number of hydrogen-bond donors (Lipinski definition) is 1. The Morgan fingerprint density at radius 1 is 1.11 bits per heavy atom. The molecule has 0 atom stereocenters. The molecule has 0 saturated heterocycles. The zero-order chi connectivity index (χ0) is 28.2. The third kappa shape index (κ3) is 10.1. The van der Waals surface area contributed by atoms with Gasteiger partial charge in [-0.05, 0) is 74.6 Å². The summed E-state index contributed by atoms with van der Waals surface area (Å²) in [5.41, 5.74) is 1.15. The Morgan fingerprint density at radius 2 is 1.78 bits per heavy atom. The Morgan fingerprint density at radius 3 is 2.22 bits per heavy atom.